The van der Waals surface area contributed by atoms with Crippen LogP contribution in [0.5, 0.6) is 0 Å². The van der Waals surface area contributed by atoms with Crippen molar-refractivity contribution < 1.29 is 246 Å². The quantitative estimate of drug-likeness (QED) is 0.120. The standard InChI is InChI=1S/C12H6F19N.C10H6F15N.C9H3F16N.C6H6F6/c1-3(2)4(5(13,14)8(19,20)21)32(11(28,29)6(15,16)9(22,23)24)12(30,31)7(17,18)10(25,26)27;1-3(2)4(5(11,12)6(13,14)15)26(9(22,23)7(16,17)18)10(24,25)8(19,20)21;1-2(10)3(4(11,12)5(13,14)15)26(8(22,23)6(16,17)18)9(24,25)7(19,20)21;1-3(4(2)7)5(8,9)6(10,11)12/h1-2H3;1-2H3;1H3;1-2H3. The molecule has 96 heavy (non-hydrogen) atoms. The summed E-state index contributed by atoms with van der Waals surface area (Å²) in [5, 5.41) is 0. The van der Waals surface area contributed by atoms with Crippen LogP contribution in [0.15, 0.2) is 45.5 Å². The zero-order valence-electron chi connectivity index (χ0n) is 44.5. The molecule has 576 valence electrons. The first kappa shape index (κ1) is 96.8. The Morgan fingerprint density at radius 1 is 0.177 bits per heavy atom. The summed E-state index contributed by atoms with van der Waals surface area (Å²) in [5.41, 5.74) is -18.9. The Labute approximate surface area is 489 Å². The molecule has 59 heteroatoms. The van der Waals surface area contributed by atoms with Crippen LogP contribution >= 0.6 is 0 Å². The maximum Gasteiger partial charge on any atom is 0.475 e. The predicted octanol–water partition coefficient (Wildman–Crippen LogP) is 22.9. The molecule has 0 radical (unpaired) electrons. The van der Waals surface area contributed by atoms with E-state index in [0.29, 0.717) is 13.8 Å². The van der Waals surface area contributed by atoms with Crippen LogP contribution in [0.3, 0.4) is 0 Å². The number of nitrogens with zero attached hydrogens (tertiary/aromatic N) is 3. The lowest BCUT2D eigenvalue weighted by molar-refractivity contribution is -0.456. The van der Waals surface area contributed by atoms with E-state index >= 15 is 0 Å². The van der Waals surface area contributed by atoms with Gasteiger partial charge in [0.1, 0.15) is 28.7 Å². The molecule has 0 aliphatic heterocycles. The first-order valence-corrected chi connectivity index (χ1v) is 21.1. The van der Waals surface area contributed by atoms with Crippen molar-refractivity contribution in [1.82, 2.24) is 14.7 Å². The van der Waals surface area contributed by atoms with Gasteiger partial charge in [-0.2, -0.15) is 237 Å². The van der Waals surface area contributed by atoms with Crippen molar-refractivity contribution in [2.45, 2.75) is 182 Å². The van der Waals surface area contributed by atoms with E-state index in [9.17, 15) is 246 Å². The lowest BCUT2D eigenvalue weighted by Crippen LogP contribution is -2.72. The van der Waals surface area contributed by atoms with Gasteiger partial charge in [-0.25, -0.2) is 23.5 Å². The summed E-state index contributed by atoms with van der Waals surface area (Å²) in [6, 6.07) is -46.8. The molecule has 3 nitrogen and oxygen atoms in total. The van der Waals surface area contributed by atoms with Gasteiger partial charge < -0.3 is 0 Å². The van der Waals surface area contributed by atoms with Gasteiger partial charge in [0.15, 0.2) is 0 Å². The van der Waals surface area contributed by atoms with Crippen molar-refractivity contribution in [3.8, 4) is 0 Å². The van der Waals surface area contributed by atoms with Crippen molar-refractivity contribution in [3.05, 3.63) is 45.5 Å². The fourth-order valence-electron chi connectivity index (χ4n) is 5.20. The van der Waals surface area contributed by atoms with E-state index < -0.39 is 201 Å². The highest BCUT2D eigenvalue weighted by Crippen LogP contribution is 2.62. The molecular formula is C37H21F56N3. The van der Waals surface area contributed by atoms with Crippen LogP contribution in [0.25, 0.3) is 0 Å². The molecule has 0 aromatic heterocycles. The molecule has 0 aliphatic carbocycles. The molecule has 0 aliphatic rings. The molecule has 0 unspecified atom stereocenters. The Morgan fingerprint density at radius 3 is 0.448 bits per heavy atom. The fraction of sp³-hybridized carbons (Fsp3) is 0.784. The third kappa shape index (κ3) is 18.6. The van der Waals surface area contributed by atoms with Crippen molar-refractivity contribution in [1.29, 1.82) is 0 Å². The molecule has 0 spiro atoms. The van der Waals surface area contributed by atoms with Gasteiger partial charge in [-0.05, 0) is 48.5 Å². The first-order valence-electron chi connectivity index (χ1n) is 21.1. The van der Waals surface area contributed by atoms with Gasteiger partial charge >= 0.3 is 134 Å². The third-order valence-corrected chi connectivity index (χ3v) is 9.77. The minimum Gasteiger partial charge on any atom is -0.240 e. The highest BCUT2D eigenvalue weighted by Gasteiger charge is 2.87. The number of rotatable bonds is 15. The van der Waals surface area contributed by atoms with Crippen molar-refractivity contribution in [2.75, 3.05) is 0 Å². The molecule has 0 amide bonds. The Bertz CT molecular complexity index is 2510. The third-order valence-electron chi connectivity index (χ3n) is 9.77. The summed E-state index contributed by atoms with van der Waals surface area (Å²) in [4.78, 5) is -11.8. The van der Waals surface area contributed by atoms with Crippen LogP contribution in [-0.2, 0) is 0 Å². The zero-order chi connectivity index (χ0) is 80.4. The average molecular weight is 1570 g/mol. The Hall–Kier alpha value is -5.56. The first-order chi connectivity index (χ1) is 40.4. The molecule has 0 bridgehead atoms. The van der Waals surface area contributed by atoms with E-state index in [1.807, 2.05) is 0 Å². The second-order valence-electron chi connectivity index (χ2n) is 17.4. The van der Waals surface area contributed by atoms with Crippen LogP contribution in [0, 0.1) is 0 Å². The molecule has 0 aromatic carbocycles. The van der Waals surface area contributed by atoms with E-state index in [1.165, 1.54) is 0 Å². The topological polar surface area (TPSA) is 9.72 Å². The number of hydrogen-bond acceptors (Lipinski definition) is 3. The lowest BCUT2D eigenvalue weighted by atomic mass is 10.0. The summed E-state index contributed by atoms with van der Waals surface area (Å²) in [7, 11) is 0. The Kier molecular flexibility index (Phi) is 27.8. The van der Waals surface area contributed by atoms with E-state index in [1.54, 1.807) is 0 Å². The number of halogens is 56. The minimum absolute atomic E-state index is 0.0824. The van der Waals surface area contributed by atoms with E-state index in [2.05, 4.69) is 0 Å². The number of allylic oxidation sites excluding steroid dienone is 8. The van der Waals surface area contributed by atoms with Gasteiger partial charge in [-0.15, -0.1) is 0 Å². The maximum atomic E-state index is 13.8. The zero-order valence-corrected chi connectivity index (χ0v) is 44.5. The highest BCUT2D eigenvalue weighted by atomic mass is 19.5. The second kappa shape index (κ2) is 27.5. The molecule has 0 saturated heterocycles. The summed E-state index contributed by atoms with van der Waals surface area (Å²) in [6.07, 6.45) is -73.0. The van der Waals surface area contributed by atoms with Crippen LogP contribution in [0.4, 0.5) is 246 Å². The van der Waals surface area contributed by atoms with Gasteiger partial charge in [0, 0.05) is 5.57 Å². The van der Waals surface area contributed by atoms with Crippen molar-refractivity contribution >= 4 is 0 Å². The molecule has 0 fully saturated rings. The molecule has 0 rings (SSSR count). The maximum absolute atomic E-state index is 13.8. The molecular weight excluding hydrogens is 1550 g/mol. The van der Waals surface area contributed by atoms with Crippen molar-refractivity contribution in [3.63, 3.8) is 0 Å². The molecule has 0 N–H and O–H groups in total. The monoisotopic (exact) mass is 1570 g/mol. The van der Waals surface area contributed by atoms with Crippen LogP contribution in [-0.4, -0.2) is 148 Å². The van der Waals surface area contributed by atoms with Crippen molar-refractivity contribution in [2.24, 2.45) is 0 Å². The lowest BCUT2D eigenvalue weighted by Gasteiger charge is -2.46. The smallest absolute Gasteiger partial charge is 0.240 e. The summed E-state index contributed by atoms with van der Waals surface area (Å²) in [5.74, 6) is -48.0. The molecule has 0 saturated carbocycles. The summed E-state index contributed by atoms with van der Waals surface area (Å²) in [6.45, 7) is -0.697. The summed E-state index contributed by atoms with van der Waals surface area (Å²) >= 11 is 0. The highest BCUT2D eigenvalue weighted by molar-refractivity contribution is 5.27. The van der Waals surface area contributed by atoms with Gasteiger partial charge in [-0.3, -0.25) is 0 Å². The van der Waals surface area contributed by atoms with Gasteiger partial charge in [0.25, 0.3) is 0 Å². The Morgan fingerprint density at radius 2 is 0.333 bits per heavy atom. The van der Waals surface area contributed by atoms with Crippen LogP contribution in [0.1, 0.15) is 48.5 Å². The van der Waals surface area contributed by atoms with E-state index in [-0.39, 0.29) is 27.7 Å². The second-order valence-corrected chi connectivity index (χ2v) is 17.4. The fourth-order valence-corrected chi connectivity index (χ4v) is 5.20. The minimum atomic E-state index is -8.26. The van der Waals surface area contributed by atoms with E-state index in [0.717, 1.165) is 0 Å². The Balaban J connectivity index is -0.000000612. The van der Waals surface area contributed by atoms with Gasteiger partial charge in [0.2, 0.25) is 0 Å². The number of alkyl halides is 54. The van der Waals surface area contributed by atoms with Crippen LogP contribution in [0.2, 0.25) is 0 Å². The van der Waals surface area contributed by atoms with Gasteiger partial charge in [-0.1, -0.05) is 11.1 Å². The van der Waals surface area contributed by atoms with E-state index in [4.69, 9.17) is 0 Å². The van der Waals surface area contributed by atoms with Gasteiger partial charge in [0.05, 0.1) is 0 Å². The average Bonchev–Trinajstić information content (AvgIpc) is 3.26. The predicted molar refractivity (Wildman–Crippen MR) is 195 cm³/mol. The SMILES string of the molecule is CC(C)=C(N(C(F)(F)C(F)(F)C(F)(F)F)C(F)(F)C(F)(F)C(F)(F)F)C(F)(F)C(F)(F)F.CC(C)=C(N(C(F)(F)C(F)(F)F)C(F)(F)C(F)(F)F)C(F)(F)C(F)(F)F.CC(F)=C(C)C(F)(F)C(F)(F)F.CC(F)=C(N(C(F)(F)C(F)(F)F)C(F)(F)C(F)(F)F)C(F)(F)C(F)(F)F. The normalized spacial score (nSPS) is 15.8. The van der Waals surface area contributed by atoms with Crippen LogP contribution < -0.4 is 0 Å². The summed E-state index contributed by atoms with van der Waals surface area (Å²) < 4.78 is 708. The number of hydrogen-bond donors (Lipinski definition) is 0. The molecule has 0 atom stereocenters. The molecule has 0 heterocycles. The molecule has 0 aromatic rings. The largest absolute Gasteiger partial charge is 0.475 e.